The first kappa shape index (κ1) is 13.7. The van der Waals surface area contributed by atoms with Gasteiger partial charge in [-0.15, -0.1) is 0 Å². The maximum absolute atomic E-state index is 10.6. The summed E-state index contributed by atoms with van der Waals surface area (Å²) >= 11 is 0. The molecule has 0 bridgehead atoms. The first-order chi connectivity index (χ1) is 10.3. The minimum atomic E-state index is 0.515. The molecule has 3 rings (SSSR count). The van der Waals surface area contributed by atoms with Gasteiger partial charge < -0.3 is 4.90 Å². The number of aromatic nitrogens is 2. The second-order valence-corrected chi connectivity index (χ2v) is 5.18. The number of aldehydes is 1. The van der Waals surface area contributed by atoms with E-state index in [9.17, 15) is 4.79 Å². The minimum absolute atomic E-state index is 0.515. The van der Waals surface area contributed by atoms with Gasteiger partial charge in [0.25, 0.3) is 0 Å². The molecule has 0 N–H and O–H groups in total. The van der Waals surface area contributed by atoms with E-state index in [1.807, 2.05) is 6.07 Å². The molecular formula is C16H18N4O. The van der Waals surface area contributed by atoms with Crippen molar-refractivity contribution in [2.24, 2.45) is 0 Å². The molecule has 108 valence electrons. The van der Waals surface area contributed by atoms with Gasteiger partial charge in [-0.25, -0.2) is 9.97 Å². The molecule has 0 aliphatic carbocycles. The van der Waals surface area contributed by atoms with Crippen molar-refractivity contribution in [1.82, 2.24) is 14.9 Å². The molecule has 0 amide bonds. The van der Waals surface area contributed by atoms with Crippen LogP contribution in [0.15, 0.2) is 42.7 Å². The van der Waals surface area contributed by atoms with Crippen molar-refractivity contribution in [2.45, 2.75) is 6.54 Å². The van der Waals surface area contributed by atoms with Crippen LogP contribution in [0, 0.1) is 0 Å². The van der Waals surface area contributed by atoms with Crippen molar-refractivity contribution in [2.75, 3.05) is 31.1 Å². The third-order valence-electron chi connectivity index (χ3n) is 3.70. The number of carbonyl (C=O) groups excluding carboxylic acids is 1. The predicted octanol–water partition coefficient (Wildman–Crippen LogP) is 1.61. The molecule has 5 nitrogen and oxygen atoms in total. The van der Waals surface area contributed by atoms with E-state index in [-0.39, 0.29) is 0 Å². The summed E-state index contributed by atoms with van der Waals surface area (Å²) < 4.78 is 0. The smallest absolute Gasteiger partial charge is 0.225 e. The Kier molecular flexibility index (Phi) is 4.21. The van der Waals surface area contributed by atoms with Gasteiger partial charge in [0.15, 0.2) is 6.29 Å². The zero-order valence-electron chi connectivity index (χ0n) is 11.9. The van der Waals surface area contributed by atoms with Gasteiger partial charge in [-0.2, -0.15) is 0 Å². The molecule has 1 fully saturated rings. The van der Waals surface area contributed by atoms with Gasteiger partial charge in [-0.1, -0.05) is 30.3 Å². The average Bonchev–Trinajstić information content (AvgIpc) is 2.57. The normalized spacial score (nSPS) is 15.9. The van der Waals surface area contributed by atoms with Crippen LogP contribution >= 0.6 is 0 Å². The molecule has 1 aromatic heterocycles. The molecule has 1 aliphatic rings. The Morgan fingerprint density at radius 2 is 1.67 bits per heavy atom. The van der Waals surface area contributed by atoms with Crippen molar-refractivity contribution in [3.63, 3.8) is 0 Å². The first-order valence-electron chi connectivity index (χ1n) is 7.13. The summed E-state index contributed by atoms with van der Waals surface area (Å²) in [6, 6.07) is 10.5. The van der Waals surface area contributed by atoms with Crippen LogP contribution in [0.3, 0.4) is 0 Å². The third-order valence-corrected chi connectivity index (χ3v) is 3.70. The lowest BCUT2D eigenvalue weighted by atomic mass is 10.2. The van der Waals surface area contributed by atoms with Crippen molar-refractivity contribution in [1.29, 1.82) is 0 Å². The second kappa shape index (κ2) is 6.45. The van der Waals surface area contributed by atoms with Crippen LogP contribution < -0.4 is 4.90 Å². The molecule has 1 aliphatic heterocycles. The van der Waals surface area contributed by atoms with Gasteiger partial charge in [-0.3, -0.25) is 9.69 Å². The van der Waals surface area contributed by atoms with E-state index in [1.165, 1.54) is 5.56 Å². The summed E-state index contributed by atoms with van der Waals surface area (Å²) in [5.41, 5.74) is 1.86. The molecule has 2 aromatic rings. The number of piperazine rings is 1. The molecule has 1 saturated heterocycles. The van der Waals surface area contributed by atoms with E-state index in [1.54, 1.807) is 12.4 Å². The topological polar surface area (TPSA) is 49.3 Å². The molecule has 1 aromatic carbocycles. The van der Waals surface area contributed by atoms with E-state index in [2.05, 4.69) is 44.0 Å². The highest BCUT2D eigenvalue weighted by molar-refractivity contribution is 5.73. The SMILES string of the molecule is O=Cc1cnc(N2CCN(Cc3ccccc3)CC2)nc1. The predicted molar refractivity (Wildman–Crippen MR) is 81.4 cm³/mol. The number of hydrogen-bond acceptors (Lipinski definition) is 5. The molecule has 5 heteroatoms. The fourth-order valence-corrected chi connectivity index (χ4v) is 2.50. The Bertz CT molecular complexity index is 577. The molecule has 0 unspecified atom stereocenters. The van der Waals surface area contributed by atoms with Crippen LogP contribution in [0.4, 0.5) is 5.95 Å². The van der Waals surface area contributed by atoms with E-state index in [0.29, 0.717) is 11.5 Å². The standard InChI is InChI=1S/C16H18N4O/c21-13-15-10-17-16(18-11-15)20-8-6-19(7-9-20)12-14-4-2-1-3-5-14/h1-5,10-11,13H,6-9,12H2. The number of rotatable bonds is 4. The summed E-state index contributed by atoms with van der Waals surface area (Å²) in [6.45, 7) is 4.79. The van der Waals surface area contributed by atoms with Crippen LogP contribution in [-0.4, -0.2) is 47.3 Å². The minimum Gasteiger partial charge on any atom is -0.338 e. The van der Waals surface area contributed by atoms with Gasteiger partial charge in [-0.05, 0) is 5.56 Å². The lowest BCUT2D eigenvalue weighted by Gasteiger charge is -2.34. The highest BCUT2D eigenvalue weighted by Gasteiger charge is 2.18. The zero-order chi connectivity index (χ0) is 14.5. The number of anilines is 1. The molecule has 0 saturated carbocycles. The van der Waals surface area contributed by atoms with Crippen molar-refractivity contribution in [3.05, 3.63) is 53.9 Å². The highest BCUT2D eigenvalue weighted by atomic mass is 16.1. The Hall–Kier alpha value is -2.27. The fourth-order valence-electron chi connectivity index (χ4n) is 2.50. The summed E-state index contributed by atoms with van der Waals surface area (Å²) in [7, 11) is 0. The maximum Gasteiger partial charge on any atom is 0.225 e. The molecule has 0 spiro atoms. The van der Waals surface area contributed by atoms with Gasteiger partial charge in [0.05, 0.1) is 5.56 Å². The van der Waals surface area contributed by atoms with E-state index in [4.69, 9.17) is 0 Å². The quantitative estimate of drug-likeness (QED) is 0.797. The second-order valence-electron chi connectivity index (χ2n) is 5.18. The Labute approximate surface area is 124 Å². The van der Waals surface area contributed by atoms with Gasteiger partial charge in [0, 0.05) is 45.1 Å². The van der Waals surface area contributed by atoms with Gasteiger partial charge in [0.2, 0.25) is 5.95 Å². The number of nitrogens with zero attached hydrogens (tertiary/aromatic N) is 4. The lowest BCUT2D eigenvalue weighted by molar-refractivity contribution is 0.112. The highest BCUT2D eigenvalue weighted by Crippen LogP contribution is 2.12. The lowest BCUT2D eigenvalue weighted by Crippen LogP contribution is -2.46. The van der Waals surface area contributed by atoms with Crippen molar-refractivity contribution >= 4 is 12.2 Å². The summed E-state index contributed by atoms with van der Waals surface area (Å²) in [4.78, 5) is 23.7. The van der Waals surface area contributed by atoms with Crippen molar-refractivity contribution in [3.8, 4) is 0 Å². The van der Waals surface area contributed by atoms with Gasteiger partial charge in [0.1, 0.15) is 0 Å². The van der Waals surface area contributed by atoms with Crippen LogP contribution in [0.1, 0.15) is 15.9 Å². The maximum atomic E-state index is 10.6. The summed E-state index contributed by atoms with van der Waals surface area (Å²) in [6.07, 6.45) is 3.92. The van der Waals surface area contributed by atoms with Crippen LogP contribution in [0.5, 0.6) is 0 Å². The molecule has 21 heavy (non-hydrogen) atoms. The monoisotopic (exact) mass is 282 g/mol. The Balaban J connectivity index is 1.56. The van der Waals surface area contributed by atoms with Gasteiger partial charge >= 0.3 is 0 Å². The first-order valence-corrected chi connectivity index (χ1v) is 7.13. The Morgan fingerprint density at radius 1 is 1.00 bits per heavy atom. The average molecular weight is 282 g/mol. The number of benzene rings is 1. The van der Waals surface area contributed by atoms with Crippen LogP contribution in [0.25, 0.3) is 0 Å². The van der Waals surface area contributed by atoms with Crippen LogP contribution in [0.2, 0.25) is 0 Å². The zero-order valence-corrected chi connectivity index (χ0v) is 11.9. The van der Waals surface area contributed by atoms with Crippen molar-refractivity contribution < 1.29 is 4.79 Å². The van der Waals surface area contributed by atoms with E-state index >= 15 is 0 Å². The van der Waals surface area contributed by atoms with Crippen LogP contribution in [-0.2, 0) is 6.54 Å². The Morgan fingerprint density at radius 3 is 2.29 bits per heavy atom. The van der Waals surface area contributed by atoms with E-state index < -0.39 is 0 Å². The molecular weight excluding hydrogens is 264 g/mol. The fraction of sp³-hybridized carbons (Fsp3) is 0.312. The van der Waals surface area contributed by atoms with E-state index in [0.717, 1.165) is 39.0 Å². The number of carbonyl (C=O) groups is 1. The molecule has 0 radical (unpaired) electrons. The molecule has 0 atom stereocenters. The third kappa shape index (κ3) is 3.44. The largest absolute Gasteiger partial charge is 0.338 e. The summed E-state index contributed by atoms with van der Waals surface area (Å²) in [5, 5.41) is 0. The molecule has 2 heterocycles. The number of hydrogen-bond donors (Lipinski definition) is 0. The summed E-state index contributed by atoms with van der Waals surface area (Å²) in [5.74, 6) is 0.708.